The van der Waals surface area contributed by atoms with Gasteiger partial charge in [-0.15, -0.1) is 0 Å². The molecule has 0 radical (unpaired) electrons. The maximum absolute atomic E-state index is 12.0. The summed E-state index contributed by atoms with van der Waals surface area (Å²) in [5.41, 5.74) is 6.32. The van der Waals surface area contributed by atoms with Gasteiger partial charge in [0, 0.05) is 18.4 Å². The van der Waals surface area contributed by atoms with Crippen molar-refractivity contribution >= 4 is 17.5 Å². The van der Waals surface area contributed by atoms with Gasteiger partial charge in [-0.2, -0.15) is 0 Å². The molecule has 0 saturated heterocycles. The fourth-order valence-electron chi connectivity index (χ4n) is 1.65. The molecule has 0 saturated carbocycles. The van der Waals surface area contributed by atoms with Gasteiger partial charge in [0.2, 0.25) is 5.91 Å². The summed E-state index contributed by atoms with van der Waals surface area (Å²) in [6.45, 7) is 6.35. The second-order valence-electron chi connectivity index (χ2n) is 4.56. The number of primary amides is 1. The Balaban J connectivity index is 2.82. The summed E-state index contributed by atoms with van der Waals surface area (Å²) >= 11 is 0. The van der Waals surface area contributed by atoms with Gasteiger partial charge in [0.25, 0.3) is 5.91 Å². The summed E-state index contributed by atoms with van der Waals surface area (Å²) in [5.74, 6) is -1.03. The molecule has 0 aliphatic heterocycles. The Morgan fingerprint density at radius 3 is 2.63 bits per heavy atom. The lowest BCUT2D eigenvalue weighted by Gasteiger charge is -2.18. The molecule has 2 amide bonds. The van der Waals surface area contributed by atoms with Crippen LogP contribution < -0.4 is 16.4 Å². The molecule has 1 aromatic rings. The average molecular weight is 264 g/mol. The molecule has 6 nitrogen and oxygen atoms in total. The molecule has 0 aliphatic rings. The predicted octanol–water partition coefficient (Wildman–Crippen LogP) is 0.753. The first-order valence-corrected chi connectivity index (χ1v) is 6.25. The number of pyridine rings is 1. The van der Waals surface area contributed by atoms with Gasteiger partial charge in [-0.25, -0.2) is 0 Å². The average Bonchev–Trinajstić information content (AvgIpc) is 2.35. The van der Waals surface area contributed by atoms with Gasteiger partial charge in [0.15, 0.2) is 0 Å². The van der Waals surface area contributed by atoms with E-state index < -0.39 is 17.9 Å². The van der Waals surface area contributed by atoms with E-state index in [0.717, 1.165) is 12.2 Å². The molecule has 6 heteroatoms. The lowest BCUT2D eigenvalue weighted by atomic mass is 10.0. The van der Waals surface area contributed by atoms with Gasteiger partial charge in [-0.05, 0) is 25.0 Å². The Labute approximate surface area is 112 Å². The first kappa shape index (κ1) is 14.9. The summed E-state index contributed by atoms with van der Waals surface area (Å²) < 4.78 is 0. The van der Waals surface area contributed by atoms with Crippen molar-refractivity contribution in [3.8, 4) is 0 Å². The molecule has 1 aromatic heterocycles. The van der Waals surface area contributed by atoms with Crippen LogP contribution in [0.3, 0.4) is 0 Å². The minimum atomic E-state index is -0.697. The molecular weight excluding hydrogens is 244 g/mol. The van der Waals surface area contributed by atoms with E-state index in [4.69, 9.17) is 5.73 Å². The number of aromatic nitrogens is 1. The van der Waals surface area contributed by atoms with Crippen LogP contribution in [0.2, 0.25) is 0 Å². The van der Waals surface area contributed by atoms with Crippen molar-refractivity contribution in [2.24, 2.45) is 11.7 Å². The van der Waals surface area contributed by atoms with E-state index in [2.05, 4.69) is 15.6 Å². The number of nitrogens with two attached hydrogens (primary N) is 1. The third-order valence-electron chi connectivity index (χ3n) is 2.63. The number of carbonyl (C=O) groups excluding carboxylic acids is 2. The van der Waals surface area contributed by atoms with E-state index in [1.807, 2.05) is 20.8 Å². The Kier molecular flexibility index (Phi) is 5.29. The lowest BCUT2D eigenvalue weighted by Crippen LogP contribution is -2.47. The number of nitrogens with one attached hydrogen (secondary N) is 2. The smallest absolute Gasteiger partial charge is 0.270 e. The molecule has 1 rings (SSSR count). The second-order valence-corrected chi connectivity index (χ2v) is 4.56. The fourth-order valence-corrected chi connectivity index (χ4v) is 1.65. The maximum Gasteiger partial charge on any atom is 0.270 e. The predicted molar refractivity (Wildman–Crippen MR) is 73.7 cm³/mol. The Hall–Kier alpha value is -2.11. The van der Waals surface area contributed by atoms with Gasteiger partial charge in [-0.1, -0.05) is 13.8 Å². The molecule has 104 valence electrons. The van der Waals surface area contributed by atoms with Crippen LogP contribution in [0.25, 0.3) is 0 Å². The molecular formula is C13H20N4O2. The molecule has 0 spiro atoms. The number of hydrogen-bond acceptors (Lipinski definition) is 4. The fraction of sp³-hybridized carbons (Fsp3) is 0.462. The van der Waals surface area contributed by atoms with Crippen molar-refractivity contribution in [1.29, 1.82) is 0 Å². The number of rotatable bonds is 6. The van der Waals surface area contributed by atoms with E-state index in [1.54, 1.807) is 18.3 Å². The van der Waals surface area contributed by atoms with Crippen LogP contribution in [0.1, 0.15) is 31.3 Å². The Morgan fingerprint density at radius 1 is 1.42 bits per heavy atom. The van der Waals surface area contributed by atoms with Gasteiger partial charge < -0.3 is 16.4 Å². The summed E-state index contributed by atoms with van der Waals surface area (Å²) in [4.78, 5) is 27.3. The largest absolute Gasteiger partial charge is 0.385 e. The van der Waals surface area contributed by atoms with Crippen LogP contribution in [0.4, 0.5) is 5.69 Å². The van der Waals surface area contributed by atoms with Gasteiger partial charge in [-0.3, -0.25) is 14.6 Å². The highest BCUT2D eigenvalue weighted by Crippen LogP contribution is 2.08. The lowest BCUT2D eigenvalue weighted by molar-refractivity contribution is -0.120. The van der Waals surface area contributed by atoms with E-state index in [9.17, 15) is 9.59 Å². The van der Waals surface area contributed by atoms with Gasteiger partial charge in [0.05, 0.1) is 0 Å². The summed E-state index contributed by atoms with van der Waals surface area (Å²) in [6, 6.07) is 2.71. The van der Waals surface area contributed by atoms with Crippen molar-refractivity contribution < 1.29 is 9.59 Å². The van der Waals surface area contributed by atoms with Gasteiger partial charge in [0.1, 0.15) is 11.7 Å². The number of amides is 2. The van der Waals surface area contributed by atoms with Crippen molar-refractivity contribution in [2.75, 3.05) is 11.9 Å². The SMILES string of the molecule is CCNc1ccnc(C(=O)NC(C(N)=O)C(C)C)c1. The maximum atomic E-state index is 12.0. The van der Waals surface area contributed by atoms with Crippen LogP contribution in [0.5, 0.6) is 0 Å². The molecule has 0 fully saturated rings. The molecule has 4 N–H and O–H groups in total. The zero-order chi connectivity index (χ0) is 14.4. The van der Waals surface area contributed by atoms with E-state index in [-0.39, 0.29) is 11.6 Å². The molecule has 0 aromatic carbocycles. The quantitative estimate of drug-likeness (QED) is 0.706. The third-order valence-corrected chi connectivity index (χ3v) is 2.63. The summed E-state index contributed by atoms with van der Waals surface area (Å²) in [7, 11) is 0. The van der Waals surface area contributed by atoms with Crippen LogP contribution >= 0.6 is 0 Å². The first-order valence-electron chi connectivity index (χ1n) is 6.25. The van der Waals surface area contributed by atoms with Crippen LogP contribution in [-0.4, -0.2) is 29.4 Å². The summed E-state index contributed by atoms with van der Waals surface area (Å²) in [6.07, 6.45) is 1.54. The topological polar surface area (TPSA) is 97.1 Å². The molecule has 1 heterocycles. The monoisotopic (exact) mass is 264 g/mol. The van der Waals surface area contributed by atoms with Crippen molar-refractivity contribution in [1.82, 2.24) is 10.3 Å². The van der Waals surface area contributed by atoms with Crippen molar-refractivity contribution in [3.63, 3.8) is 0 Å². The minimum Gasteiger partial charge on any atom is -0.385 e. The molecule has 0 aliphatic carbocycles. The first-order chi connectivity index (χ1) is 8.95. The number of nitrogens with zero attached hydrogens (tertiary/aromatic N) is 1. The molecule has 0 bridgehead atoms. The number of hydrogen-bond donors (Lipinski definition) is 3. The number of carbonyl (C=O) groups is 2. The Morgan fingerprint density at radius 2 is 2.11 bits per heavy atom. The zero-order valence-electron chi connectivity index (χ0n) is 11.4. The highest BCUT2D eigenvalue weighted by molar-refractivity contribution is 5.96. The Bertz CT molecular complexity index is 460. The van der Waals surface area contributed by atoms with Crippen molar-refractivity contribution in [3.05, 3.63) is 24.0 Å². The highest BCUT2D eigenvalue weighted by atomic mass is 16.2. The third kappa shape index (κ3) is 4.24. The minimum absolute atomic E-state index is 0.0709. The van der Waals surface area contributed by atoms with Gasteiger partial charge >= 0.3 is 0 Å². The van der Waals surface area contributed by atoms with E-state index in [1.165, 1.54) is 0 Å². The zero-order valence-corrected chi connectivity index (χ0v) is 11.4. The molecule has 1 atom stereocenters. The van der Waals surface area contributed by atoms with E-state index >= 15 is 0 Å². The normalized spacial score (nSPS) is 12.0. The molecule has 1 unspecified atom stereocenters. The summed E-state index contributed by atoms with van der Waals surface area (Å²) in [5, 5.41) is 5.69. The van der Waals surface area contributed by atoms with Crippen LogP contribution in [0.15, 0.2) is 18.3 Å². The second kappa shape index (κ2) is 6.72. The molecule has 19 heavy (non-hydrogen) atoms. The van der Waals surface area contributed by atoms with Crippen LogP contribution in [-0.2, 0) is 4.79 Å². The standard InChI is InChI=1S/C13H20N4O2/c1-4-15-9-5-6-16-10(7-9)13(19)17-11(8(2)3)12(14)18/h5-8,11H,4H2,1-3H3,(H2,14,18)(H,15,16)(H,17,19). The van der Waals surface area contributed by atoms with Crippen LogP contribution in [0, 0.1) is 5.92 Å². The number of anilines is 1. The van der Waals surface area contributed by atoms with E-state index in [0.29, 0.717) is 0 Å². The highest BCUT2D eigenvalue weighted by Gasteiger charge is 2.22. The van der Waals surface area contributed by atoms with Crippen molar-refractivity contribution in [2.45, 2.75) is 26.8 Å².